The quantitative estimate of drug-likeness (QED) is 0.341. The molecule has 0 spiro atoms. The van der Waals surface area contributed by atoms with Crippen LogP contribution in [0, 0.1) is 0 Å². The fraction of sp³-hybridized carbons (Fsp3) is 0. The highest BCUT2D eigenvalue weighted by atomic mass is 16.1. The number of hydrogen-bond acceptors (Lipinski definition) is 2. The molecule has 3 heteroatoms. The lowest BCUT2D eigenvalue weighted by molar-refractivity contribution is 0.103. The summed E-state index contributed by atoms with van der Waals surface area (Å²) in [5, 5.41) is 2.02. The van der Waals surface area contributed by atoms with Crippen molar-refractivity contribution in [2.24, 2.45) is 0 Å². The third kappa shape index (κ3) is 3.81. The van der Waals surface area contributed by atoms with Gasteiger partial charge in [-0.05, 0) is 18.2 Å². The summed E-state index contributed by atoms with van der Waals surface area (Å²) in [6, 6.07) is 37.2. The predicted molar refractivity (Wildman–Crippen MR) is 127 cm³/mol. The van der Waals surface area contributed by atoms with Gasteiger partial charge in [0.25, 0.3) is 0 Å². The standard InChI is InChI=1S/C28H20N2O/c31-28(21-13-5-2-6-14-21)27-19-26(20-11-3-1-4-12-20)29-24-17-9-7-15-22(24)23-16-8-10-18-25(23)30-27/h1-19,30H. The number of nitrogens with zero attached hydrogens (tertiary/aromatic N) is 1. The molecule has 0 radical (unpaired) electrons. The number of aromatic nitrogens is 2. The topological polar surface area (TPSA) is 45.8 Å². The van der Waals surface area contributed by atoms with E-state index in [1.54, 1.807) is 0 Å². The molecule has 31 heavy (non-hydrogen) atoms. The molecular weight excluding hydrogens is 380 g/mol. The van der Waals surface area contributed by atoms with E-state index in [1.165, 1.54) is 0 Å². The molecule has 5 rings (SSSR count). The smallest absolute Gasteiger partial charge is 0.209 e. The fourth-order valence-electron chi connectivity index (χ4n) is 3.73. The largest absolute Gasteiger partial charge is 0.352 e. The number of carbonyl (C=O) groups is 1. The minimum atomic E-state index is -0.0787. The van der Waals surface area contributed by atoms with Crippen LogP contribution in [0.1, 0.15) is 16.1 Å². The zero-order chi connectivity index (χ0) is 21.0. The number of para-hydroxylation sites is 2. The molecule has 4 aromatic carbocycles. The number of nitrogens with one attached hydrogen (secondary N) is 1. The second-order valence-electron chi connectivity index (χ2n) is 7.30. The highest BCUT2D eigenvalue weighted by Gasteiger charge is 2.11. The van der Waals surface area contributed by atoms with Gasteiger partial charge in [-0.15, -0.1) is 0 Å². The maximum Gasteiger partial charge on any atom is 0.209 e. The van der Waals surface area contributed by atoms with Gasteiger partial charge in [-0.1, -0.05) is 97.1 Å². The van der Waals surface area contributed by atoms with Crippen molar-refractivity contribution in [1.82, 2.24) is 9.97 Å². The zero-order valence-electron chi connectivity index (χ0n) is 16.8. The number of H-pyrrole nitrogens is 1. The Kier molecular flexibility index (Phi) is 4.99. The number of aromatic amines is 1. The van der Waals surface area contributed by atoms with Crippen LogP contribution >= 0.6 is 0 Å². The van der Waals surface area contributed by atoms with E-state index in [4.69, 9.17) is 4.98 Å². The van der Waals surface area contributed by atoms with Gasteiger partial charge in [0.05, 0.1) is 16.9 Å². The summed E-state index contributed by atoms with van der Waals surface area (Å²) in [6.45, 7) is 0. The molecule has 0 aliphatic carbocycles. The van der Waals surface area contributed by atoms with E-state index in [2.05, 4.69) is 17.1 Å². The third-order valence-electron chi connectivity index (χ3n) is 5.26. The predicted octanol–water partition coefficient (Wildman–Crippen LogP) is 6.74. The van der Waals surface area contributed by atoms with E-state index in [0.29, 0.717) is 11.3 Å². The van der Waals surface area contributed by atoms with Gasteiger partial charge < -0.3 is 4.98 Å². The third-order valence-corrected chi connectivity index (χ3v) is 5.26. The molecule has 0 fully saturated rings. The van der Waals surface area contributed by atoms with Gasteiger partial charge in [0, 0.05) is 27.4 Å². The van der Waals surface area contributed by atoms with E-state index in [9.17, 15) is 4.79 Å². The van der Waals surface area contributed by atoms with Crippen LogP contribution in [0.5, 0.6) is 0 Å². The number of rotatable bonds is 3. The monoisotopic (exact) mass is 400 g/mol. The molecule has 0 atom stereocenters. The fourth-order valence-corrected chi connectivity index (χ4v) is 3.73. The van der Waals surface area contributed by atoms with E-state index >= 15 is 0 Å². The highest BCUT2D eigenvalue weighted by Crippen LogP contribution is 2.24. The average molecular weight is 400 g/mol. The second-order valence-corrected chi connectivity index (χ2v) is 7.30. The van der Waals surface area contributed by atoms with Gasteiger partial charge in [-0.3, -0.25) is 4.79 Å². The Labute approximate surface area is 180 Å². The van der Waals surface area contributed by atoms with Crippen LogP contribution in [-0.2, 0) is 0 Å². The van der Waals surface area contributed by atoms with Crippen molar-refractivity contribution >= 4 is 27.6 Å². The van der Waals surface area contributed by atoms with E-state index in [1.807, 2.05) is 103 Å². The zero-order valence-corrected chi connectivity index (χ0v) is 16.8. The molecule has 0 amide bonds. The second kappa shape index (κ2) is 8.25. The van der Waals surface area contributed by atoms with Crippen molar-refractivity contribution in [3.8, 4) is 11.3 Å². The summed E-state index contributed by atoms with van der Waals surface area (Å²) in [5.74, 6) is -0.0787. The molecule has 1 aromatic heterocycles. The molecule has 5 aromatic rings. The number of fused-ring (bicyclic) bond motifs is 3. The van der Waals surface area contributed by atoms with Crippen LogP contribution in [-0.4, -0.2) is 15.8 Å². The molecule has 148 valence electrons. The van der Waals surface area contributed by atoms with Crippen LogP contribution in [0.2, 0.25) is 0 Å². The van der Waals surface area contributed by atoms with Gasteiger partial charge in [0.1, 0.15) is 0 Å². The summed E-state index contributed by atoms with van der Waals surface area (Å²) in [4.78, 5) is 21.9. The Balaban J connectivity index is 1.93. The Morgan fingerprint density at radius 2 is 1.26 bits per heavy atom. The van der Waals surface area contributed by atoms with Crippen molar-refractivity contribution in [3.63, 3.8) is 0 Å². The first-order chi connectivity index (χ1) is 15.3. The van der Waals surface area contributed by atoms with Gasteiger partial charge >= 0.3 is 0 Å². The molecule has 0 saturated heterocycles. The number of carbonyl (C=O) groups excluding carboxylic acids is 1. The average Bonchev–Trinajstić information content (AvgIpc) is 2.91. The lowest BCUT2D eigenvalue weighted by Crippen LogP contribution is -2.03. The van der Waals surface area contributed by atoms with Crippen molar-refractivity contribution in [2.75, 3.05) is 0 Å². The summed E-state index contributed by atoms with van der Waals surface area (Å²) in [7, 11) is 0. The van der Waals surface area contributed by atoms with Gasteiger partial charge in [0.15, 0.2) is 0 Å². The molecule has 0 aliphatic rings. The molecule has 0 aliphatic heterocycles. The minimum absolute atomic E-state index is 0.0787. The molecule has 0 unspecified atom stereocenters. The van der Waals surface area contributed by atoms with Crippen LogP contribution in [0.15, 0.2) is 115 Å². The van der Waals surface area contributed by atoms with Crippen LogP contribution in [0.4, 0.5) is 0 Å². The van der Waals surface area contributed by atoms with Crippen LogP contribution in [0.25, 0.3) is 33.1 Å². The van der Waals surface area contributed by atoms with Gasteiger partial charge in [-0.2, -0.15) is 0 Å². The van der Waals surface area contributed by atoms with Gasteiger partial charge in [0.2, 0.25) is 5.78 Å². The summed E-state index contributed by atoms with van der Waals surface area (Å²) in [6.07, 6.45) is 0. The Morgan fingerprint density at radius 1 is 0.645 bits per heavy atom. The number of ketones is 1. The Bertz CT molecular complexity index is 1440. The maximum absolute atomic E-state index is 13.5. The first-order valence-corrected chi connectivity index (χ1v) is 10.2. The molecular formula is C28H20N2O. The Hall–Kier alpha value is -4.24. The van der Waals surface area contributed by atoms with Crippen molar-refractivity contribution in [3.05, 3.63) is 127 Å². The van der Waals surface area contributed by atoms with Crippen molar-refractivity contribution in [2.45, 2.75) is 0 Å². The molecule has 3 nitrogen and oxygen atoms in total. The minimum Gasteiger partial charge on any atom is -0.352 e. The SMILES string of the molecule is O=C(c1ccccc1)c1cc(-c2ccccc2)nc2ccccc2c2ccccc2[nH]1. The van der Waals surface area contributed by atoms with E-state index < -0.39 is 0 Å². The summed E-state index contributed by atoms with van der Waals surface area (Å²) < 4.78 is 0. The van der Waals surface area contributed by atoms with Crippen molar-refractivity contribution in [1.29, 1.82) is 0 Å². The lowest BCUT2D eigenvalue weighted by atomic mass is 10.1. The van der Waals surface area contributed by atoms with E-state index in [0.717, 1.165) is 33.1 Å². The first kappa shape index (κ1) is 18.8. The summed E-state index contributed by atoms with van der Waals surface area (Å²) in [5.41, 5.74) is 4.52. The van der Waals surface area contributed by atoms with E-state index in [-0.39, 0.29) is 5.78 Å². The van der Waals surface area contributed by atoms with Crippen molar-refractivity contribution < 1.29 is 4.79 Å². The van der Waals surface area contributed by atoms with Gasteiger partial charge in [-0.25, -0.2) is 4.98 Å². The Morgan fingerprint density at radius 3 is 2.03 bits per heavy atom. The van der Waals surface area contributed by atoms with Crippen LogP contribution in [0.3, 0.4) is 0 Å². The lowest BCUT2D eigenvalue weighted by Gasteiger charge is -2.03. The number of hydrogen-bond donors (Lipinski definition) is 1. The molecule has 0 bridgehead atoms. The maximum atomic E-state index is 13.5. The summed E-state index contributed by atoms with van der Waals surface area (Å²) >= 11 is 0. The van der Waals surface area contributed by atoms with Crippen LogP contribution < -0.4 is 0 Å². The first-order valence-electron chi connectivity index (χ1n) is 10.2. The molecule has 1 N–H and O–H groups in total. The number of benzene rings is 4. The molecule has 0 saturated carbocycles. The highest BCUT2D eigenvalue weighted by molar-refractivity contribution is 6.09. The molecule has 1 heterocycles. The normalized spacial score (nSPS) is 10.7.